The van der Waals surface area contributed by atoms with Gasteiger partial charge in [-0.05, 0) is 18.2 Å². The van der Waals surface area contributed by atoms with Gasteiger partial charge in [-0.1, -0.05) is 0 Å². The molecule has 1 aliphatic heterocycles. The second-order valence-electron chi connectivity index (χ2n) is 4.99. The zero-order valence-electron chi connectivity index (χ0n) is 11.1. The zero-order valence-corrected chi connectivity index (χ0v) is 11.9. The smallest absolute Gasteiger partial charge is 0.241 e. The summed E-state index contributed by atoms with van der Waals surface area (Å²) in [6, 6.07) is 5.50. The number of carbonyl (C=O) groups excluding carboxylic acids is 1. The predicted molar refractivity (Wildman–Crippen MR) is 81.2 cm³/mol. The first-order valence-electron chi connectivity index (χ1n) is 6.68. The molecule has 4 rings (SSSR count). The molecule has 3 aromatic rings. The number of aromatic amines is 1. The molecule has 6 nitrogen and oxygen atoms in total. The number of amides is 1. The van der Waals surface area contributed by atoms with Gasteiger partial charge in [-0.25, -0.2) is 9.97 Å². The molecule has 0 spiro atoms. The monoisotopic (exact) mass is 299 g/mol. The second-order valence-corrected chi connectivity index (χ2v) is 5.88. The van der Waals surface area contributed by atoms with Gasteiger partial charge in [0.1, 0.15) is 0 Å². The first-order chi connectivity index (χ1) is 10.3. The van der Waals surface area contributed by atoms with Crippen LogP contribution >= 0.6 is 11.3 Å². The third-order valence-corrected chi connectivity index (χ3v) is 4.44. The number of benzene rings is 1. The Balaban J connectivity index is 1.50. The van der Waals surface area contributed by atoms with E-state index in [0.29, 0.717) is 13.0 Å². The van der Waals surface area contributed by atoms with Crippen molar-refractivity contribution in [3.63, 3.8) is 0 Å². The Labute approximate surface area is 124 Å². The topological polar surface area (TPSA) is 82.7 Å². The van der Waals surface area contributed by atoms with Gasteiger partial charge in [-0.2, -0.15) is 0 Å². The number of carbonyl (C=O) groups is 1. The fourth-order valence-electron chi connectivity index (χ4n) is 2.52. The largest absolute Gasteiger partial charge is 0.347 e. The SMILES string of the molecule is O=C(Nc1ccc2ncsc2c1)C1Cc2nc[nH]c2CN1. The van der Waals surface area contributed by atoms with E-state index in [2.05, 4.69) is 25.6 Å². The fraction of sp³-hybridized carbons (Fsp3) is 0.214. The maximum absolute atomic E-state index is 12.3. The summed E-state index contributed by atoms with van der Waals surface area (Å²) >= 11 is 1.56. The molecule has 1 amide bonds. The van der Waals surface area contributed by atoms with E-state index in [1.54, 1.807) is 23.2 Å². The lowest BCUT2D eigenvalue weighted by atomic mass is 10.0. The van der Waals surface area contributed by atoms with Crippen LogP contribution < -0.4 is 10.6 Å². The van der Waals surface area contributed by atoms with Crippen LogP contribution in [-0.4, -0.2) is 26.9 Å². The first-order valence-corrected chi connectivity index (χ1v) is 7.56. The third-order valence-electron chi connectivity index (χ3n) is 3.65. The van der Waals surface area contributed by atoms with Gasteiger partial charge in [0, 0.05) is 18.7 Å². The van der Waals surface area contributed by atoms with Gasteiger partial charge in [-0.15, -0.1) is 11.3 Å². The molecule has 0 saturated carbocycles. The number of hydrogen-bond acceptors (Lipinski definition) is 5. The molecule has 0 radical (unpaired) electrons. The molecule has 2 aromatic heterocycles. The Morgan fingerprint density at radius 2 is 2.33 bits per heavy atom. The molecular weight excluding hydrogens is 286 g/mol. The summed E-state index contributed by atoms with van der Waals surface area (Å²) in [6.07, 6.45) is 2.28. The van der Waals surface area contributed by atoms with Crippen molar-refractivity contribution in [1.82, 2.24) is 20.3 Å². The van der Waals surface area contributed by atoms with Crippen molar-refractivity contribution in [3.8, 4) is 0 Å². The number of thiazole rings is 1. The summed E-state index contributed by atoms with van der Waals surface area (Å²) in [5.74, 6) is -0.0347. The Morgan fingerprint density at radius 1 is 1.38 bits per heavy atom. The number of H-pyrrole nitrogens is 1. The maximum Gasteiger partial charge on any atom is 0.241 e. The number of hydrogen-bond donors (Lipinski definition) is 3. The normalized spacial score (nSPS) is 17.6. The molecule has 1 unspecified atom stereocenters. The maximum atomic E-state index is 12.3. The van der Waals surface area contributed by atoms with Crippen LogP contribution in [0.25, 0.3) is 10.2 Å². The Bertz CT molecular complexity index is 808. The Kier molecular flexibility index (Phi) is 2.94. The molecule has 3 heterocycles. The van der Waals surface area contributed by atoms with Crippen LogP contribution in [0.4, 0.5) is 5.69 Å². The fourth-order valence-corrected chi connectivity index (χ4v) is 3.23. The number of fused-ring (bicyclic) bond motifs is 2. The number of nitrogens with zero attached hydrogens (tertiary/aromatic N) is 2. The average Bonchev–Trinajstić information content (AvgIpc) is 3.14. The van der Waals surface area contributed by atoms with Gasteiger partial charge in [0.15, 0.2) is 0 Å². The van der Waals surface area contributed by atoms with Crippen molar-refractivity contribution in [2.24, 2.45) is 0 Å². The summed E-state index contributed by atoms with van der Waals surface area (Å²) in [5, 5.41) is 6.18. The lowest BCUT2D eigenvalue weighted by Gasteiger charge is -2.22. The van der Waals surface area contributed by atoms with Crippen molar-refractivity contribution in [2.45, 2.75) is 19.0 Å². The second kappa shape index (κ2) is 4.94. The van der Waals surface area contributed by atoms with Crippen LogP contribution in [0, 0.1) is 0 Å². The van der Waals surface area contributed by atoms with Crippen LogP contribution in [0.2, 0.25) is 0 Å². The Morgan fingerprint density at radius 3 is 3.29 bits per heavy atom. The first kappa shape index (κ1) is 12.5. The minimum atomic E-state index is -0.252. The third kappa shape index (κ3) is 2.30. The lowest BCUT2D eigenvalue weighted by molar-refractivity contribution is -0.118. The van der Waals surface area contributed by atoms with Crippen LogP contribution in [0.5, 0.6) is 0 Å². The molecule has 21 heavy (non-hydrogen) atoms. The standard InChI is InChI=1S/C14H13N5OS/c20-14(11-4-10-12(5-15-11)17-6-16-10)19-8-1-2-9-13(3-8)21-7-18-9/h1-3,6-7,11,15H,4-5H2,(H,16,17)(H,19,20). The van der Waals surface area contributed by atoms with Crippen molar-refractivity contribution in [1.29, 1.82) is 0 Å². The summed E-state index contributed by atoms with van der Waals surface area (Å²) in [7, 11) is 0. The quantitative estimate of drug-likeness (QED) is 0.672. The number of rotatable bonds is 2. The molecule has 7 heteroatoms. The van der Waals surface area contributed by atoms with E-state index in [4.69, 9.17) is 0 Å². The summed E-state index contributed by atoms with van der Waals surface area (Å²) in [4.78, 5) is 23.9. The van der Waals surface area contributed by atoms with E-state index in [9.17, 15) is 4.79 Å². The highest BCUT2D eigenvalue weighted by atomic mass is 32.1. The van der Waals surface area contributed by atoms with Gasteiger partial charge in [0.25, 0.3) is 0 Å². The molecule has 0 saturated heterocycles. The van der Waals surface area contributed by atoms with Gasteiger partial charge < -0.3 is 10.3 Å². The number of nitrogens with one attached hydrogen (secondary N) is 3. The van der Waals surface area contributed by atoms with Crippen LogP contribution in [0.15, 0.2) is 30.0 Å². The van der Waals surface area contributed by atoms with E-state index < -0.39 is 0 Å². The van der Waals surface area contributed by atoms with Gasteiger partial charge in [-0.3, -0.25) is 10.1 Å². The van der Waals surface area contributed by atoms with E-state index in [1.807, 2.05) is 18.2 Å². The van der Waals surface area contributed by atoms with Crippen LogP contribution in [0.1, 0.15) is 11.4 Å². The predicted octanol–water partition coefficient (Wildman–Crippen LogP) is 1.67. The van der Waals surface area contributed by atoms with Crippen molar-refractivity contribution in [2.75, 3.05) is 5.32 Å². The molecule has 3 N–H and O–H groups in total. The Hall–Kier alpha value is -2.25. The average molecular weight is 299 g/mol. The molecule has 0 aliphatic carbocycles. The highest BCUT2D eigenvalue weighted by molar-refractivity contribution is 7.16. The number of anilines is 1. The van der Waals surface area contributed by atoms with Crippen molar-refractivity contribution < 1.29 is 4.79 Å². The highest BCUT2D eigenvalue weighted by Crippen LogP contribution is 2.22. The molecular formula is C14H13N5OS. The van der Waals surface area contributed by atoms with Gasteiger partial charge in [0.2, 0.25) is 5.91 Å². The van der Waals surface area contributed by atoms with E-state index in [0.717, 1.165) is 27.3 Å². The zero-order chi connectivity index (χ0) is 14.2. The van der Waals surface area contributed by atoms with Crippen LogP contribution in [-0.2, 0) is 17.8 Å². The lowest BCUT2D eigenvalue weighted by Crippen LogP contribution is -2.44. The van der Waals surface area contributed by atoms with Gasteiger partial charge in [0.05, 0.1) is 39.5 Å². The van der Waals surface area contributed by atoms with E-state index in [1.165, 1.54) is 0 Å². The minimum Gasteiger partial charge on any atom is -0.347 e. The highest BCUT2D eigenvalue weighted by Gasteiger charge is 2.25. The summed E-state index contributed by atoms with van der Waals surface area (Å²) < 4.78 is 1.07. The molecule has 0 fully saturated rings. The number of imidazole rings is 1. The minimum absolute atomic E-state index is 0.0347. The molecule has 1 atom stereocenters. The van der Waals surface area contributed by atoms with Crippen LogP contribution in [0.3, 0.4) is 0 Å². The number of aromatic nitrogens is 3. The van der Waals surface area contributed by atoms with Crippen molar-refractivity contribution >= 4 is 33.1 Å². The molecule has 1 aliphatic rings. The summed E-state index contributed by atoms with van der Waals surface area (Å²) in [6.45, 7) is 0.640. The van der Waals surface area contributed by atoms with Crippen molar-refractivity contribution in [3.05, 3.63) is 41.4 Å². The summed E-state index contributed by atoms with van der Waals surface area (Å²) in [5.41, 5.74) is 5.58. The van der Waals surface area contributed by atoms with E-state index in [-0.39, 0.29) is 11.9 Å². The molecule has 1 aromatic carbocycles. The van der Waals surface area contributed by atoms with Gasteiger partial charge >= 0.3 is 0 Å². The van der Waals surface area contributed by atoms with E-state index >= 15 is 0 Å². The molecule has 106 valence electrons. The molecule has 0 bridgehead atoms.